The number of aliphatic hydroxyl groups is 2. The predicted octanol–water partition coefficient (Wildman–Crippen LogP) is -0.987. The van der Waals surface area contributed by atoms with E-state index in [2.05, 4.69) is 50.4 Å². The fraction of sp³-hybridized carbons (Fsp3) is 0.667. The van der Waals surface area contributed by atoms with Crippen LogP contribution in [0.25, 0.3) is 11.2 Å². The average Bonchev–Trinajstić information content (AvgIpc) is 3.74. The number of fused-ring (bicyclic) bond motifs is 1. The Labute approximate surface area is 360 Å². The number of unbranched alkanes of at least 4 members (excludes halogenated alkanes) is 4. The van der Waals surface area contributed by atoms with E-state index in [0.29, 0.717) is 0 Å². The monoisotopic (exact) mass is 957 g/mol. The molecule has 2 aromatic rings. The molecule has 2 unspecified atom stereocenters. The summed E-state index contributed by atoms with van der Waals surface area (Å²) in [4.78, 5) is 108. The molecule has 0 bridgehead atoms. The van der Waals surface area contributed by atoms with E-state index in [1.165, 1.54) is 13.8 Å². The lowest BCUT2D eigenvalue weighted by molar-refractivity contribution is -0.347. The molecule has 1 aliphatic rings. The van der Waals surface area contributed by atoms with E-state index in [1.54, 1.807) is 6.08 Å². The highest BCUT2D eigenvalue weighted by molar-refractivity contribution is 8.13. The number of amides is 2. The maximum absolute atomic E-state index is 12.6. The molecule has 0 aliphatic carbocycles. The first-order chi connectivity index (χ1) is 28.9. The number of hydrogen-bond donors (Lipinski definition) is 5. The van der Waals surface area contributed by atoms with Gasteiger partial charge in [-0.25, -0.2) is 19.3 Å². The Morgan fingerprint density at radius 2 is 1.74 bits per heavy atom. The van der Waals surface area contributed by atoms with Gasteiger partial charge < -0.3 is 69.0 Å². The van der Waals surface area contributed by atoms with Gasteiger partial charge in [-0.15, -0.1) is 0 Å². The first kappa shape index (κ1) is 53.3. The number of nitrogens with zero attached hydrogens (tertiary/aromatic N) is 4. The molecule has 3 rings (SSSR count). The maximum atomic E-state index is 12.6. The molecule has 25 nitrogen and oxygen atoms in total. The second kappa shape index (κ2) is 24.3. The van der Waals surface area contributed by atoms with Crippen molar-refractivity contribution in [2.75, 3.05) is 37.8 Å². The van der Waals surface area contributed by atoms with Crippen LogP contribution in [0.1, 0.15) is 78.4 Å². The van der Waals surface area contributed by atoms with Crippen molar-refractivity contribution >= 4 is 74.9 Å². The number of aromatic nitrogens is 4. The lowest BCUT2D eigenvalue weighted by Crippen LogP contribution is -2.46. The zero-order chi connectivity index (χ0) is 46.3. The van der Waals surface area contributed by atoms with Crippen LogP contribution in [0.4, 0.5) is 5.82 Å². The van der Waals surface area contributed by atoms with Crippen LogP contribution >= 0.6 is 35.2 Å². The van der Waals surface area contributed by atoms with Crippen LogP contribution in [-0.4, -0.2) is 109 Å². The van der Waals surface area contributed by atoms with E-state index >= 15 is 0 Å². The van der Waals surface area contributed by atoms with Gasteiger partial charge in [0.05, 0.1) is 33.8 Å². The van der Waals surface area contributed by atoms with Gasteiger partial charge in [-0.1, -0.05) is 63.9 Å². The van der Waals surface area contributed by atoms with Crippen LogP contribution < -0.4 is 35.9 Å². The molecular formula is C33H50N7O18P3S-4. The molecule has 2 amide bonds. The largest absolute Gasteiger partial charge is 0.790 e. The molecule has 0 spiro atoms. The number of ether oxygens (including phenoxy) is 1. The smallest absolute Gasteiger partial charge is 0.274 e. The van der Waals surface area contributed by atoms with Crippen molar-refractivity contribution in [2.45, 2.75) is 103 Å². The molecule has 0 aromatic carbocycles. The minimum atomic E-state index is -5.93. The molecule has 0 saturated carbocycles. The number of nitrogen functional groups attached to an aromatic ring is 1. The van der Waals surface area contributed by atoms with Crippen LogP contribution in [0.3, 0.4) is 0 Å². The Bertz CT molecular complexity index is 2020. The van der Waals surface area contributed by atoms with Gasteiger partial charge >= 0.3 is 0 Å². The summed E-state index contributed by atoms with van der Waals surface area (Å²) in [6.45, 7) is 2.03. The third-order valence-corrected chi connectivity index (χ3v) is 12.7. The van der Waals surface area contributed by atoms with Gasteiger partial charge in [0, 0.05) is 37.1 Å². The van der Waals surface area contributed by atoms with Crippen molar-refractivity contribution in [2.24, 2.45) is 5.41 Å². The quantitative estimate of drug-likeness (QED) is 0.0296. The number of allylic oxidation sites excluding steroid dienone is 2. The molecule has 7 atom stereocenters. The molecular weight excluding hydrogens is 907 g/mol. The lowest BCUT2D eigenvalue weighted by Gasteiger charge is -2.36. The number of carbonyl (C=O) groups excluding carboxylic acids is 4. The summed E-state index contributed by atoms with van der Waals surface area (Å²) in [7, 11) is -17.6. The number of phosphoric ester groups is 3. The van der Waals surface area contributed by atoms with Gasteiger partial charge in [0.25, 0.3) is 15.6 Å². The number of aliphatic hydroxyl groups excluding tert-OH is 2. The molecule has 2 aromatic heterocycles. The molecule has 1 fully saturated rings. The first-order valence-electron chi connectivity index (χ1n) is 19.1. The van der Waals surface area contributed by atoms with Crippen LogP contribution in [0.5, 0.6) is 0 Å². The Hall–Kier alpha value is -3.03. The number of imidazole rings is 1. The summed E-state index contributed by atoms with van der Waals surface area (Å²) in [6.07, 6.45) is 1.30. The Morgan fingerprint density at radius 3 is 2.44 bits per heavy atom. The highest BCUT2D eigenvalue weighted by Crippen LogP contribution is 2.56. The van der Waals surface area contributed by atoms with Crippen LogP contribution in [0.15, 0.2) is 24.8 Å². The summed E-state index contributed by atoms with van der Waals surface area (Å²) in [5.74, 6) is -1.64. The number of nitrogens with two attached hydrogens (primary N) is 1. The molecule has 6 N–H and O–H groups in total. The van der Waals surface area contributed by atoms with E-state index in [-0.39, 0.29) is 66.0 Å². The minimum absolute atomic E-state index is 0.0274. The Kier molecular flexibility index (Phi) is 20.9. The highest BCUT2D eigenvalue weighted by atomic mass is 32.2. The number of thioether (sulfide) groups is 1. The molecule has 1 aliphatic heterocycles. The van der Waals surface area contributed by atoms with Gasteiger partial charge in [-0.2, -0.15) is 0 Å². The van der Waals surface area contributed by atoms with Gasteiger partial charge in [0.1, 0.15) is 42.0 Å². The third kappa shape index (κ3) is 17.9. The van der Waals surface area contributed by atoms with Crippen LogP contribution in [-0.2, 0) is 55.5 Å². The molecule has 1 saturated heterocycles. The first-order valence-corrected chi connectivity index (χ1v) is 24.5. The predicted molar refractivity (Wildman–Crippen MR) is 210 cm³/mol. The van der Waals surface area contributed by atoms with Crippen molar-refractivity contribution in [1.29, 1.82) is 0 Å². The number of carbonyl (C=O) groups is 4. The number of rotatable bonds is 28. The Balaban J connectivity index is 1.40. The van der Waals surface area contributed by atoms with E-state index in [0.717, 1.165) is 61.1 Å². The average molecular weight is 958 g/mol. The molecule has 0 radical (unpaired) electrons. The Morgan fingerprint density at radius 1 is 1.03 bits per heavy atom. The third-order valence-electron chi connectivity index (χ3n) is 8.82. The molecule has 3 heterocycles. The summed E-state index contributed by atoms with van der Waals surface area (Å²) in [5.41, 5.74) is 4.04. The van der Waals surface area contributed by atoms with Crippen molar-refractivity contribution in [3.8, 4) is 0 Å². The van der Waals surface area contributed by atoms with E-state index in [1.807, 2.05) is 6.08 Å². The van der Waals surface area contributed by atoms with E-state index in [4.69, 9.17) is 10.5 Å². The number of ketones is 1. The molecule has 29 heteroatoms. The van der Waals surface area contributed by atoms with Crippen molar-refractivity contribution in [1.82, 2.24) is 30.2 Å². The number of anilines is 1. The summed E-state index contributed by atoms with van der Waals surface area (Å²) in [5, 5.41) is 25.9. The van der Waals surface area contributed by atoms with Crippen molar-refractivity contribution in [3.63, 3.8) is 0 Å². The second-order valence-corrected chi connectivity index (χ2v) is 19.7. The fourth-order valence-electron chi connectivity index (χ4n) is 5.58. The van der Waals surface area contributed by atoms with E-state index in [9.17, 15) is 62.7 Å². The highest BCUT2D eigenvalue weighted by Gasteiger charge is 2.47. The second-order valence-electron chi connectivity index (χ2n) is 14.4. The zero-order valence-electron chi connectivity index (χ0n) is 33.9. The molecule has 350 valence electrons. The SMILES string of the molecule is CCCCCC/C=C\CC(=O)CC(=O)SCCNC(=O)CCNC(=O)[C@H](O)C(C)(C)COP(=O)([O-])OP(=O)([O-])OC[C@H]1O[C@@H](n2cnc3c(N)ncnc32)[C@H](O)[C@@H]1OP(=O)([O-])[O-]. The standard InChI is InChI=1S/C33H54N7O18P3S/c1-4-5-6-7-8-9-10-11-21(41)16-24(43)62-15-14-35-23(42)12-13-36-31(46)28(45)33(2,3)18-55-61(52,53)58-60(50,51)54-17-22-27(57-59(47,48)49)26(44)32(56-22)40-20-39-25-29(34)37-19-38-30(25)40/h9-10,19-20,22,26-28,32,44-45H,4-8,11-18H2,1-3H3,(H,35,42)(H,36,46)(H,50,51)(H,52,53)(H2,34,37,38)(H2,47,48,49)/p-4/b10-9-/t22-,26-,27-,28+,32-/m1/s1. The fourth-order valence-corrected chi connectivity index (χ4v) is 9.01. The maximum Gasteiger partial charge on any atom is 0.274 e. The van der Waals surface area contributed by atoms with E-state index < -0.39 is 84.6 Å². The normalized spacial score (nSPS) is 20.8. The number of phosphoric acid groups is 3. The van der Waals surface area contributed by atoms with Crippen LogP contribution in [0.2, 0.25) is 0 Å². The van der Waals surface area contributed by atoms with Crippen molar-refractivity contribution < 1.29 is 85.3 Å². The summed E-state index contributed by atoms with van der Waals surface area (Å²) >= 11 is 0.895. The molecule has 62 heavy (non-hydrogen) atoms. The van der Waals surface area contributed by atoms with Crippen LogP contribution in [0, 0.1) is 5.41 Å². The number of hydrogen-bond acceptors (Lipinski definition) is 23. The van der Waals surface area contributed by atoms with Gasteiger partial charge in [0.2, 0.25) is 11.8 Å². The topological polar surface area (TPSA) is 392 Å². The minimum Gasteiger partial charge on any atom is -0.790 e. The number of nitrogens with one attached hydrogen (secondary N) is 2. The van der Waals surface area contributed by atoms with Crippen molar-refractivity contribution in [3.05, 3.63) is 24.8 Å². The van der Waals surface area contributed by atoms with Gasteiger partial charge in [-0.05, 0) is 12.8 Å². The van der Waals surface area contributed by atoms with Gasteiger partial charge in [-0.3, -0.25) is 32.9 Å². The summed E-state index contributed by atoms with van der Waals surface area (Å²) < 4.78 is 60.6. The van der Waals surface area contributed by atoms with Gasteiger partial charge in [0.15, 0.2) is 22.8 Å². The number of Topliss-reactive ketones (excluding diaryl/α,β-unsaturated/α-hetero) is 1. The zero-order valence-corrected chi connectivity index (χ0v) is 37.4. The lowest BCUT2D eigenvalue weighted by atomic mass is 9.87. The summed E-state index contributed by atoms with van der Waals surface area (Å²) in [6, 6.07) is 0.